The van der Waals surface area contributed by atoms with E-state index < -0.39 is 0 Å². The molecule has 0 unspecified atom stereocenters. The molecule has 0 aromatic heterocycles. The molecule has 0 aliphatic heterocycles. The van der Waals surface area contributed by atoms with Gasteiger partial charge in [0.1, 0.15) is 5.75 Å². The van der Waals surface area contributed by atoms with Crippen molar-refractivity contribution in [3.63, 3.8) is 0 Å². The van der Waals surface area contributed by atoms with Gasteiger partial charge < -0.3 is 10.1 Å². The summed E-state index contributed by atoms with van der Waals surface area (Å²) in [4.78, 5) is 12.0. The van der Waals surface area contributed by atoms with Crippen LogP contribution in [0.3, 0.4) is 0 Å². The highest BCUT2D eigenvalue weighted by Crippen LogP contribution is 2.22. The van der Waals surface area contributed by atoms with Gasteiger partial charge in [0.15, 0.2) is 0 Å². The first kappa shape index (κ1) is 18.8. The fourth-order valence-electron chi connectivity index (χ4n) is 2.45. The molecule has 0 saturated carbocycles. The van der Waals surface area contributed by atoms with Crippen molar-refractivity contribution in [1.82, 2.24) is 5.32 Å². The van der Waals surface area contributed by atoms with Crippen LogP contribution in [-0.2, 0) is 16.8 Å². The van der Waals surface area contributed by atoms with Gasteiger partial charge in [0.05, 0.1) is 6.61 Å². The Balaban J connectivity index is 1.93. The molecule has 1 N–H and O–H groups in total. The Labute approximate surface area is 150 Å². The van der Waals surface area contributed by atoms with Crippen molar-refractivity contribution in [2.45, 2.75) is 39.7 Å². The molecule has 132 valence electrons. The summed E-state index contributed by atoms with van der Waals surface area (Å²) in [5.41, 5.74) is 3.40. The minimum atomic E-state index is -0.119. The maximum absolute atomic E-state index is 12.0. The Hall–Kier alpha value is -2.55. The summed E-state index contributed by atoms with van der Waals surface area (Å²) in [5.74, 6) is 0.693. The second-order valence-electron chi connectivity index (χ2n) is 6.96. The van der Waals surface area contributed by atoms with Crippen LogP contribution in [0.25, 0.3) is 6.08 Å². The van der Waals surface area contributed by atoms with Crippen LogP contribution in [0.2, 0.25) is 0 Å². The van der Waals surface area contributed by atoms with Gasteiger partial charge in [0, 0.05) is 18.2 Å². The van der Waals surface area contributed by atoms with E-state index in [0.717, 1.165) is 16.9 Å². The van der Waals surface area contributed by atoms with Gasteiger partial charge in [0.2, 0.25) is 5.91 Å². The summed E-state index contributed by atoms with van der Waals surface area (Å²) in [6, 6.07) is 16.0. The van der Waals surface area contributed by atoms with Crippen molar-refractivity contribution < 1.29 is 9.53 Å². The van der Waals surface area contributed by atoms with Crippen LogP contribution in [0, 0.1) is 0 Å². The Bertz CT molecular complexity index is 724. The SMILES string of the molecule is CCOc1ccccc1CNC(=O)/C=C/c1ccc(C(C)(C)C)cc1. The van der Waals surface area contributed by atoms with E-state index in [1.807, 2.05) is 49.4 Å². The summed E-state index contributed by atoms with van der Waals surface area (Å²) in [6.07, 6.45) is 3.39. The molecule has 2 rings (SSSR count). The average molecular weight is 337 g/mol. The average Bonchev–Trinajstić information content (AvgIpc) is 2.59. The molecule has 0 radical (unpaired) electrons. The Morgan fingerprint density at radius 1 is 1.08 bits per heavy atom. The number of carbonyl (C=O) groups excluding carboxylic acids is 1. The molecule has 3 heteroatoms. The van der Waals surface area contributed by atoms with Crippen molar-refractivity contribution in [1.29, 1.82) is 0 Å². The molecule has 3 nitrogen and oxygen atoms in total. The summed E-state index contributed by atoms with van der Waals surface area (Å²) >= 11 is 0. The number of hydrogen-bond donors (Lipinski definition) is 1. The molecule has 1 amide bonds. The zero-order valence-electron chi connectivity index (χ0n) is 15.5. The lowest BCUT2D eigenvalue weighted by atomic mass is 9.87. The minimum Gasteiger partial charge on any atom is -0.494 e. The van der Waals surface area contributed by atoms with Gasteiger partial charge in [-0.3, -0.25) is 4.79 Å². The topological polar surface area (TPSA) is 38.3 Å². The Kier molecular flexibility index (Phi) is 6.40. The smallest absolute Gasteiger partial charge is 0.244 e. The predicted molar refractivity (Wildman–Crippen MR) is 104 cm³/mol. The zero-order chi connectivity index (χ0) is 18.3. The molecule has 25 heavy (non-hydrogen) atoms. The highest BCUT2D eigenvalue weighted by atomic mass is 16.5. The molecule has 0 aliphatic rings. The molecule has 0 bridgehead atoms. The number of benzene rings is 2. The van der Waals surface area contributed by atoms with E-state index >= 15 is 0 Å². The second-order valence-corrected chi connectivity index (χ2v) is 6.96. The first-order valence-electron chi connectivity index (χ1n) is 8.67. The van der Waals surface area contributed by atoms with Gasteiger partial charge in [-0.05, 0) is 35.6 Å². The fourth-order valence-corrected chi connectivity index (χ4v) is 2.45. The summed E-state index contributed by atoms with van der Waals surface area (Å²) in [6.45, 7) is 9.56. The third-order valence-corrected chi connectivity index (χ3v) is 3.93. The van der Waals surface area contributed by atoms with Crippen LogP contribution in [0.4, 0.5) is 0 Å². The maximum atomic E-state index is 12.0. The largest absolute Gasteiger partial charge is 0.494 e. The van der Waals surface area contributed by atoms with Crippen molar-refractivity contribution in [2.24, 2.45) is 0 Å². The number of nitrogens with one attached hydrogen (secondary N) is 1. The van der Waals surface area contributed by atoms with Crippen LogP contribution in [0.1, 0.15) is 44.4 Å². The van der Waals surface area contributed by atoms with Crippen molar-refractivity contribution >= 4 is 12.0 Å². The van der Waals surface area contributed by atoms with Crippen LogP contribution in [0.5, 0.6) is 5.75 Å². The molecule has 0 heterocycles. The van der Waals surface area contributed by atoms with Crippen LogP contribution >= 0.6 is 0 Å². The molecule has 0 aliphatic carbocycles. The molecule has 0 atom stereocenters. The van der Waals surface area contributed by atoms with E-state index in [1.165, 1.54) is 5.56 Å². The van der Waals surface area contributed by atoms with Gasteiger partial charge in [-0.1, -0.05) is 63.2 Å². The minimum absolute atomic E-state index is 0.119. The summed E-state index contributed by atoms with van der Waals surface area (Å²) in [7, 11) is 0. The third kappa shape index (κ3) is 5.79. The molecule has 2 aromatic carbocycles. The monoisotopic (exact) mass is 337 g/mol. The predicted octanol–water partition coefficient (Wildman–Crippen LogP) is 4.71. The van der Waals surface area contributed by atoms with E-state index in [-0.39, 0.29) is 11.3 Å². The first-order chi connectivity index (χ1) is 11.9. The van der Waals surface area contributed by atoms with Crippen molar-refractivity contribution in [2.75, 3.05) is 6.61 Å². The first-order valence-corrected chi connectivity index (χ1v) is 8.67. The zero-order valence-corrected chi connectivity index (χ0v) is 15.5. The number of hydrogen-bond acceptors (Lipinski definition) is 2. The van der Waals surface area contributed by atoms with E-state index in [0.29, 0.717) is 13.2 Å². The molecular weight excluding hydrogens is 310 g/mol. The summed E-state index contributed by atoms with van der Waals surface area (Å²) < 4.78 is 5.57. The summed E-state index contributed by atoms with van der Waals surface area (Å²) in [5, 5.41) is 2.90. The van der Waals surface area contributed by atoms with E-state index in [9.17, 15) is 4.79 Å². The standard InChI is InChI=1S/C22H27NO2/c1-5-25-20-9-7-6-8-18(20)16-23-21(24)15-12-17-10-13-19(14-11-17)22(2,3)4/h6-15H,5,16H2,1-4H3,(H,23,24)/b15-12+. The number of carbonyl (C=O) groups is 1. The van der Waals surface area contributed by atoms with Crippen LogP contribution in [-0.4, -0.2) is 12.5 Å². The lowest BCUT2D eigenvalue weighted by Crippen LogP contribution is -2.20. The lowest BCUT2D eigenvalue weighted by Gasteiger charge is -2.18. The Morgan fingerprint density at radius 3 is 2.40 bits per heavy atom. The van der Waals surface area contributed by atoms with Crippen LogP contribution < -0.4 is 10.1 Å². The maximum Gasteiger partial charge on any atom is 0.244 e. The van der Waals surface area contributed by atoms with E-state index in [1.54, 1.807) is 6.08 Å². The third-order valence-electron chi connectivity index (χ3n) is 3.93. The quantitative estimate of drug-likeness (QED) is 0.775. The normalized spacial score (nSPS) is 11.5. The van der Waals surface area contributed by atoms with Gasteiger partial charge in [-0.2, -0.15) is 0 Å². The molecule has 2 aromatic rings. The number of amides is 1. The van der Waals surface area contributed by atoms with Gasteiger partial charge in [-0.15, -0.1) is 0 Å². The molecule has 0 spiro atoms. The Morgan fingerprint density at radius 2 is 1.76 bits per heavy atom. The number of para-hydroxylation sites is 1. The molecule has 0 saturated heterocycles. The van der Waals surface area contributed by atoms with Crippen molar-refractivity contribution in [3.8, 4) is 5.75 Å². The molecule has 0 fully saturated rings. The highest BCUT2D eigenvalue weighted by molar-refractivity contribution is 5.91. The number of rotatable bonds is 6. The van der Waals surface area contributed by atoms with Crippen molar-refractivity contribution in [3.05, 3.63) is 71.3 Å². The van der Waals surface area contributed by atoms with Gasteiger partial charge >= 0.3 is 0 Å². The van der Waals surface area contributed by atoms with Gasteiger partial charge in [-0.25, -0.2) is 0 Å². The highest BCUT2D eigenvalue weighted by Gasteiger charge is 2.12. The lowest BCUT2D eigenvalue weighted by molar-refractivity contribution is -0.116. The molecular formula is C22H27NO2. The number of ether oxygens (including phenoxy) is 1. The van der Waals surface area contributed by atoms with E-state index in [2.05, 4.69) is 38.2 Å². The fraction of sp³-hybridized carbons (Fsp3) is 0.318. The van der Waals surface area contributed by atoms with E-state index in [4.69, 9.17) is 4.74 Å². The van der Waals surface area contributed by atoms with Crippen LogP contribution in [0.15, 0.2) is 54.6 Å². The van der Waals surface area contributed by atoms with Gasteiger partial charge in [0.25, 0.3) is 0 Å². The second kappa shape index (κ2) is 8.52.